The van der Waals surface area contributed by atoms with Gasteiger partial charge in [0.2, 0.25) is 0 Å². The van der Waals surface area contributed by atoms with Crippen molar-refractivity contribution in [2.24, 2.45) is 0 Å². The van der Waals surface area contributed by atoms with Crippen molar-refractivity contribution in [1.29, 1.82) is 0 Å². The van der Waals surface area contributed by atoms with Crippen molar-refractivity contribution in [1.82, 2.24) is 4.98 Å². The van der Waals surface area contributed by atoms with Crippen molar-refractivity contribution in [3.05, 3.63) is 44.9 Å². The average molecular weight is 372 g/mol. The van der Waals surface area contributed by atoms with Gasteiger partial charge in [0.15, 0.2) is 5.78 Å². The lowest BCUT2D eigenvalue weighted by Gasteiger charge is -2.20. The number of carbonyl (C=O) groups excluding carboxylic acids is 2. The van der Waals surface area contributed by atoms with E-state index in [-0.39, 0.29) is 23.8 Å². The summed E-state index contributed by atoms with van der Waals surface area (Å²) in [5, 5.41) is 2.05. The van der Waals surface area contributed by atoms with E-state index in [9.17, 15) is 9.59 Å². The fourth-order valence-electron chi connectivity index (χ4n) is 4.33. The lowest BCUT2D eigenvalue weighted by atomic mass is 9.84. The predicted molar refractivity (Wildman–Crippen MR) is 102 cm³/mol. The van der Waals surface area contributed by atoms with Crippen LogP contribution >= 0.6 is 11.3 Å². The number of ketones is 1. The predicted octanol–water partition coefficient (Wildman–Crippen LogP) is 5.18. The molecule has 0 aromatic carbocycles. The molecule has 2 heterocycles. The zero-order valence-electron chi connectivity index (χ0n) is 15.2. The molecule has 0 bridgehead atoms. The fraction of sp³-hybridized carbons (Fsp3) is 0.524. The van der Waals surface area contributed by atoms with Crippen molar-refractivity contribution in [3.63, 3.8) is 0 Å². The first-order valence-electron chi connectivity index (χ1n) is 9.62. The van der Waals surface area contributed by atoms with Crippen LogP contribution in [0.5, 0.6) is 0 Å². The van der Waals surface area contributed by atoms with Gasteiger partial charge in [0, 0.05) is 28.5 Å². The molecule has 26 heavy (non-hydrogen) atoms. The standard InChI is InChI=1S/C21H25NO3S/c1-13-19-16(11-14(12-17(19)23)18-9-6-10-26-18)22-20(13)21(24)25-15-7-4-2-3-5-8-15/h6,9-10,14-15,22H,2-5,7-8,11-12H2,1H3. The van der Waals surface area contributed by atoms with Crippen LogP contribution in [0, 0.1) is 6.92 Å². The van der Waals surface area contributed by atoms with Gasteiger partial charge in [-0.25, -0.2) is 4.79 Å². The molecule has 0 aliphatic heterocycles. The molecule has 4 rings (SSSR count). The number of ether oxygens (including phenoxy) is 1. The van der Waals surface area contributed by atoms with Crippen molar-refractivity contribution in [2.75, 3.05) is 0 Å². The highest BCUT2D eigenvalue weighted by Crippen LogP contribution is 2.37. The SMILES string of the molecule is Cc1c(C(=O)OC2CCCCCC2)[nH]c2c1C(=O)CC(c1cccs1)C2. The van der Waals surface area contributed by atoms with E-state index in [1.54, 1.807) is 11.3 Å². The third-order valence-electron chi connectivity index (χ3n) is 5.71. The highest BCUT2D eigenvalue weighted by Gasteiger charge is 2.33. The van der Waals surface area contributed by atoms with E-state index in [0.29, 0.717) is 17.7 Å². The summed E-state index contributed by atoms with van der Waals surface area (Å²) in [5.74, 6) is 0.0370. The number of hydrogen-bond donors (Lipinski definition) is 1. The molecule has 2 aromatic heterocycles. The van der Waals surface area contributed by atoms with Crippen molar-refractivity contribution >= 4 is 23.1 Å². The average Bonchev–Trinajstić information content (AvgIpc) is 3.18. The molecule has 1 saturated carbocycles. The fourth-order valence-corrected chi connectivity index (χ4v) is 5.16. The number of carbonyl (C=O) groups is 2. The maximum Gasteiger partial charge on any atom is 0.355 e. The Labute approximate surface area is 158 Å². The molecule has 2 aromatic rings. The topological polar surface area (TPSA) is 59.2 Å². The molecule has 0 spiro atoms. The van der Waals surface area contributed by atoms with E-state index in [1.807, 2.05) is 18.4 Å². The van der Waals surface area contributed by atoms with Crippen molar-refractivity contribution < 1.29 is 14.3 Å². The number of esters is 1. The Balaban J connectivity index is 1.55. The van der Waals surface area contributed by atoms with E-state index >= 15 is 0 Å². The molecule has 1 fully saturated rings. The Bertz CT molecular complexity index is 798. The Kier molecular flexibility index (Phi) is 4.98. The smallest absolute Gasteiger partial charge is 0.355 e. The Morgan fingerprint density at radius 3 is 2.65 bits per heavy atom. The van der Waals surface area contributed by atoms with Gasteiger partial charge in [0.05, 0.1) is 0 Å². The minimum absolute atomic E-state index is 0.0132. The molecule has 0 radical (unpaired) electrons. The molecule has 2 aliphatic carbocycles. The number of H-pyrrole nitrogens is 1. The number of fused-ring (bicyclic) bond motifs is 1. The maximum atomic E-state index is 12.7. The third kappa shape index (κ3) is 3.37. The van der Waals surface area contributed by atoms with Gasteiger partial charge in [-0.1, -0.05) is 18.9 Å². The highest BCUT2D eigenvalue weighted by molar-refractivity contribution is 7.10. The molecule has 1 atom stereocenters. The van der Waals surface area contributed by atoms with Gasteiger partial charge in [0.25, 0.3) is 0 Å². The van der Waals surface area contributed by atoms with Crippen molar-refractivity contribution in [3.8, 4) is 0 Å². The van der Waals surface area contributed by atoms with Gasteiger partial charge < -0.3 is 9.72 Å². The number of rotatable bonds is 3. The van der Waals surface area contributed by atoms with Crippen molar-refractivity contribution in [2.45, 2.75) is 70.3 Å². The van der Waals surface area contributed by atoms with E-state index in [2.05, 4.69) is 11.1 Å². The summed E-state index contributed by atoms with van der Waals surface area (Å²) in [6.07, 6.45) is 7.90. The first-order valence-corrected chi connectivity index (χ1v) is 10.5. The lowest BCUT2D eigenvalue weighted by Crippen LogP contribution is -2.18. The Hall–Kier alpha value is -1.88. The van der Waals surface area contributed by atoms with E-state index in [1.165, 1.54) is 17.7 Å². The van der Waals surface area contributed by atoms with Crippen LogP contribution in [0.25, 0.3) is 0 Å². The minimum Gasteiger partial charge on any atom is -0.458 e. The zero-order chi connectivity index (χ0) is 18.1. The molecule has 0 amide bonds. The van der Waals surface area contributed by atoms with Crippen LogP contribution in [-0.4, -0.2) is 22.8 Å². The molecular weight excluding hydrogens is 346 g/mol. The number of Topliss-reactive ketones (excluding diaryl/α,β-unsaturated/α-hetero) is 1. The lowest BCUT2D eigenvalue weighted by molar-refractivity contribution is 0.0260. The zero-order valence-corrected chi connectivity index (χ0v) is 16.0. The van der Waals surface area contributed by atoms with Crippen LogP contribution in [0.3, 0.4) is 0 Å². The summed E-state index contributed by atoms with van der Waals surface area (Å²) in [5.41, 5.74) is 2.84. The molecule has 5 heteroatoms. The van der Waals surface area contributed by atoms with Crippen LogP contribution in [0.15, 0.2) is 17.5 Å². The third-order valence-corrected chi connectivity index (χ3v) is 6.75. The number of thiophene rings is 1. The molecule has 138 valence electrons. The monoisotopic (exact) mass is 371 g/mol. The number of aromatic amines is 1. The second kappa shape index (κ2) is 7.39. The van der Waals surface area contributed by atoms with E-state index in [0.717, 1.165) is 43.4 Å². The van der Waals surface area contributed by atoms with Gasteiger partial charge in [-0.2, -0.15) is 0 Å². The molecular formula is C21H25NO3S. The summed E-state index contributed by atoms with van der Waals surface area (Å²) in [7, 11) is 0. The Morgan fingerprint density at radius 2 is 1.96 bits per heavy atom. The number of hydrogen-bond acceptors (Lipinski definition) is 4. The van der Waals surface area contributed by atoms with Crippen LogP contribution in [0.1, 0.15) is 87.8 Å². The summed E-state index contributed by atoms with van der Waals surface area (Å²) in [6, 6.07) is 4.11. The number of aromatic nitrogens is 1. The first-order chi connectivity index (χ1) is 12.6. The van der Waals surface area contributed by atoms with Crippen LogP contribution in [-0.2, 0) is 11.2 Å². The summed E-state index contributed by atoms with van der Waals surface area (Å²) < 4.78 is 5.77. The second-order valence-electron chi connectivity index (χ2n) is 7.54. The molecule has 0 saturated heterocycles. The normalized spacial score (nSPS) is 21.3. The second-order valence-corrected chi connectivity index (χ2v) is 8.52. The highest BCUT2D eigenvalue weighted by atomic mass is 32.1. The molecule has 4 nitrogen and oxygen atoms in total. The Morgan fingerprint density at radius 1 is 1.19 bits per heavy atom. The molecule has 2 aliphatic rings. The van der Waals surface area contributed by atoms with Gasteiger partial charge in [-0.3, -0.25) is 4.79 Å². The van der Waals surface area contributed by atoms with Gasteiger partial charge in [-0.05, 0) is 56.0 Å². The van der Waals surface area contributed by atoms with E-state index in [4.69, 9.17) is 4.74 Å². The maximum absolute atomic E-state index is 12.7. The van der Waals surface area contributed by atoms with Gasteiger partial charge >= 0.3 is 5.97 Å². The summed E-state index contributed by atoms with van der Waals surface area (Å²) >= 11 is 1.69. The van der Waals surface area contributed by atoms with E-state index < -0.39 is 0 Å². The van der Waals surface area contributed by atoms with Gasteiger partial charge in [0.1, 0.15) is 11.8 Å². The number of nitrogens with one attached hydrogen (secondary N) is 1. The summed E-state index contributed by atoms with van der Waals surface area (Å²) in [4.78, 5) is 29.9. The summed E-state index contributed by atoms with van der Waals surface area (Å²) in [6.45, 7) is 1.86. The molecule has 1 N–H and O–H groups in total. The van der Waals surface area contributed by atoms with Gasteiger partial charge in [-0.15, -0.1) is 11.3 Å². The van der Waals surface area contributed by atoms with Crippen LogP contribution < -0.4 is 0 Å². The minimum atomic E-state index is -0.302. The van der Waals surface area contributed by atoms with Crippen LogP contribution in [0.2, 0.25) is 0 Å². The quantitative estimate of drug-likeness (QED) is 0.597. The molecule has 1 unspecified atom stereocenters. The first kappa shape index (κ1) is 17.5. The van der Waals surface area contributed by atoms with Crippen LogP contribution in [0.4, 0.5) is 0 Å². The largest absolute Gasteiger partial charge is 0.458 e.